The van der Waals surface area contributed by atoms with Crippen LogP contribution in [0.1, 0.15) is 35.1 Å². The molecule has 2 aliphatic heterocycles. The predicted octanol–water partition coefficient (Wildman–Crippen LogP) is 3.53. The van der Waals surface area contributed by atoms with E-state index in [1.807, 2.05) is 6.92 Å². The van der Waals surface area contributed by atoms with Crippen molar-refractivity contribution in [1.82, 2.24) is 0 Å². The molecule has 2 heterocycles. The van der Waals surface area contributed by atoms with Crippen LogP contribution in [0.25, 0.3) is 0 Å². The maximum atomic E-state index is 11.4. The second-order valence-electron chi connectivity index (χ2n) is 3.43. The second-order valence-corrected chi connectivity index (χ2v) is 3.43. The largest absolute Gasteiger partial charge is 0.458 e. The van der Waals surface area contributed by atoms with Crippen molar-refractivity contribution in [1.29, 1.82) is 0 Å². The Kier molecular flexibility index (Phi) is 9.84. The van der Waals surface area contributed by atoms with Gasteiger partial charge in [0.25, 0.3) is 0 Å². The third-order valence-electron chi connectivity index (χ3n) is 2.24. The molecule has 0 aliphatic carbocycles. The first-order valence-electron chi connectivity index (χ1n) is 5.16. The summed E-state index contributed by atoms with van der Waals surface area (Å²) in [6.45, 7) is 6.00. The van der Waals surface area contributed by atoms with Crippen LogP contribution in [0.15, 0.2) is 12.0 Å². The fourth-order valence-electron chi connectivity index (χ4n) is 1.18. The first kappa shape index (κ1) is 19.5. The van der Waals surface area contributed by atoms with Gasteiger partial charge in [-0.3, -0.25) is 0 Å². The maximum Gasteiger partial charge on any atom is 0.350 e. The summed E-state index contributed by atoms with van der Waals surface area (Å²) in [4.78, 5) is 0. The molecule has 0 spiro atoms. The lowest BCUT2D eigenvalue weighted by molar-refractivity contribution is -0.143. The standard InChI is InChI=1S/C6H12O2.C4H4F2O2.2CH4/c1-3-6(2)7-4-5-8-6;5-3(6)4-7-1-2-8-4;;/h3-5H2,1-2H3;1-2H2;2*1H4. The molecule has 2 aliphatic rings. The van der Waals surface area contributed by atoms with Gasteiger partial charge in [0, 0.05) is 0 Å². The number of rotatable bonds is 1. The van der Waals surface area contributed by atoms with E-state index in [0.717, 1.165) is 19.6 Å². The lowest BCUT2D eigenvalue weighted by Crippen LogP contribution is -2.23. The van der Waals surface area contributed by atoms with Crippen LogP contribution in [-0.4, -0.2) is 32.2 Å². The molecule has 0 aromatic heterocycles. The Hall–Kier alpha value is -0.880. The van der Waals surface area contributed by atoms with E-state index in [1.165, 1.54) is 0 Å². The molecule has 0 saturated carbocycles. The van der Waals surface area contributed by atoms with Crippen LogP contribution >= 0.6 is 0 Å². The van der Waals surface area contributed by atoms with E-state index in [2.05, 4.69) is 16.4 Å². The third-order valence-corrected chi connectivity index (χ3v) is 2.24. The molecule has 4 nitrogen and oxygen atoms in total. The van der Waals surface area contributed by atoms with Gasteiger partial charge in [-0.25, -0.2) is 0 Å². The minimum Gasteiger partial charge on any atom is -0.458 e. The van der Waals surface area contributed by atoms with Gasteiger partial charge in [-0.2, -0.15) is 8.78 Å². The summed E-state index contributed by atoms with van der Waals surface area (Å²) in [6.07, 6.45) is -0.949. The second kappa shape index (κ2) is 9.10. The van der Waals surface area contributed by atoms with E-state index in [1.54, 1.807) is 0 Å². The molecule has 0 aromatic rings. The zero-order valence-corrected chi connectivity index (χ0v) is 9.42. The summed E-state index contributed by atoms with van der Waals surface area (Å²) >= 11 is 0. The summed E-state index contributed by atoms with van der Waals surface area (Å²) in [7, 11) is 0. The SMILES string of the molecule is C.C.CCC1(C)OCCO1.FC(F)=C1OCCO1. The molecule has 0 radical (unpaired) electrons. The van der Waals surface area contributed by atoms with Crippen molar-refractivity contribution in [2.45, 2.75) is 40.9 Å². The van der Waals surface area contributed by atoms with Crippen molar-refractivity contribution in [3.63, 3.8) is 0 Å². The fraction of sp³-hybridized carbons (Fsp3) is 0.833. The van der Waals surface area contributed by atoms with Crippen LogP contribution in [0.5, 0.6) is 0 Å². The maximum absolute atomic E-state index is 11.4. The van der Waals surface area contributed by atoms with Gasteiger partial charge in [0.05, 0.1) is 13.2 Å². The quantitative estimate of drug-likeness (QED) is 0.730. The molecule has 2 fully saturated rings. The smallest absolute Gasteiger partial charge is 0.350 e. The topological polar surface area (TPSA) is 36.9 Å². The number of hydrogen-bond donors (Lipinski definition) is 0. The normalized spacial score (nSPS) is 19.4. The van der Waals surface area contributed by atoms with Gasteiger partial charge in [-0.1, -0.05) is 21.8 Å². The van der Waals surface area contributed by atoms with Crippen molar-refractivity contribution in [2.75, 3.05) is 26.4 Å². The highest BCUT2D eigenvalue weighted by atomic mass is 19.3. The van der Waals surface area contributed by atoms with Crippen molar-refractivity contribution < 1.29 is 27.7 Å². The Morgan fingerprint density at radius 2 is 1.50 bits per heavy atom. The van der Waals surface area contributed by atoms with Crippen LogP contribution in [-0.2, 0) is 18.9 Å². The molecule has 18 heavy (non-hydrogen) atoms. The van der Waals surface area contributed by atoms with Crippen LogP contribution in [0.4, 0.5) is 8.78 Å². The molecular weight excluding hydrogens is 246 g/mol. The molecule has 2 saturated heterocycles. The summed E-state index contributed by atoms with van der Waals surface area (Å²) in [6, 6.07) is 0. The lowest BCUT2D eigenvalue weighted by atomic mass is 10.2. The molecule has 0 amide bonds. The van der Waals surface area contributed by atoms with Gasteiger partial charge in [0.2, 0.25) is 0 Å². The highest BCUT2D eigenvalue weighted by Crippen LogP contribution is 2.21. The molecule has 0 atom stereocenters. The van der Waals surface area contributed by atoms with Gasteiger partial charge in [0.15, 0.2) is 5.79 Å². The van der Waals surface area contributed by atoms with E-state index >= 15 is 0 Å². The van der Waals surface area contributed by atoms with Crippen LogP contribution < -0.4 is 0 Å². The molecule has 6 heteroatoms. The van der Waals surface area contributed by atoms with Gasteiger partial charge in [0.1, 0.15) is 13.2 Å². The summed E-state index contributed by atoms with van der Waals surface area (Å²) in [5, 5.41) is 0. The van der Waals surface area contributed by atoms with Crippen molar-refractivity contribution in [2.24, 2.45) is 0 Å². The van der Waals surface area contributed by atoms with Gasteiger partial charge >= 0.3 is 12.0 Å². The zero-order valence-electron chi connectivity index (χ0n) is 9.42. The van der Waals surface area contributed by atoms with Crippen molar-refractivity contribution >= 4 is 0 Å². The fourth-order valence-corrected chi connectivity index (χ4v) is 1.18. The Morgan fingerprint density at radius 3 is 1.72 bits per heavy atom. The summed E-state index contributed by atoms with van der Waals surface area (Å²) in [5.41, 5.74) is 0. The summed E-state index contributed by atoms with van der Waals surface area (Å²) < 4.78 is 41.9. The van der Waals surface area contributed by atoms with E-state index in [0.29, 0.717) is 0 Å². The van der Waals surface area contributed by atoms with Crippen molar-refractivity contribution in [3.05, 3.63) is 12.0 Å². The Morgan fingerprint density at radius 1 is 1.06 bits per heavy atom. The lowest BCUT2D eigenvalue weighted by Gasteiger charge is -2.18. The third kappa shape index (κ3) is 6.16. The van der Waals surface area contributed by atoms with Crippen LogP contribution in [0, 0.1) is 0 Å². The van der Waals surface area contributed by atoms with Crippen LogP contribution in [0.2, 0.25) is 0 Å². The highest BCUT2D eigenvalue weighted by molar-refractivity contribution is 4.85. The van der Waals surface area contributed by atoms with E-state index in [4.69, 9.17) is 9.47 Å². The monoisotopic (exact) mass is 270 g/mol. The molecule has 0 N–H and O–H groups in total. The first-order valence-corrected chi connectivity index (χ1v) is 5.16. The minimum absolute atomic E-state index is 0. The van der Waals surface area contributed by atoms with Crippen LogP contribution in [0.3, 0.4) is 0 Å². The predicted molar refractivity (Wildman–Crippen MR) is 65.2 cm³/mol. The highest BCUT2D eigenvalue weighted by Gasteiger charge is 2.27. The zero-order chi connectivity index (χ0) is 12.0. The Labute approximate surface area is 108 Å². The molecule has 0 unspecified atom stereocenters. The van der Waals surface area contributed by atoms with Gasteiger partial charge in [-0.15, -0.1) is 0 Å². The Bertz CT molecular complexity index is 238. The average Bonchev–Trinajstić information content (AvgIpc) is 2.89. The first-order chi connectivity index (χ1) is 7.57. The Balaban J connectivity index is 0. The molecule has 0 bridgehead atoms. The molecule has 2 rings (SSSR count). The molecule has 0 aromatic carbocycles. The number of halogens is 2. The van der Waals surface area contributed by atoms with E-state index in [9.17, 15) is 8.78 Å². The summed E-state index contributed by atoms with van der Waals surface area (Å²) in [5.74, 6) is -0.884. The van der Waals surface area contributed by atoms with Crippen molar-refractivity contribution in [3.8, 4) is 0 Å². The van der Waals surface area contributed by atoms with Gasteiger partial charge < -0.3 is 18.9 Å². The molecule has 110 valence electrons. The van der Waals surface area contributed by atoms with E-state index < -0.39 is 12.0 Å². The van der Waals surface area contributed by atoms with E-state index in [-0.39, 0.29) is 33.9 Å². The number of ether oxygens (including phenoxy) is 4. The minimum atomic E-state index is -1.89. The number of hydrogen-bond acceptors (Lipinski definition) is 4. The molecular formula is C12H24F2O4. The average molecular weight is 270 g/mol. The van der Waals surface area contributed by atoms with Gasteiger partial charge in [-0.05, 0) is 13.3 Å².